The molecule has 0 bridgehead atoms. The zero-order valence-corrected chi connectivity index (χ0v) is 17.0. The molecule has 3 rings (SSSR count). The number of amidine groups is 1. The molecule has 0 saturated carbocycles. The Morgan fingerprint density at radius 2 is 2.22 bits per heavy atom. The second-order valence-corrected chi connectivity index (χ2v) is 7.98. The summed E-state index contributed by atoms with van der Waals surface area (Å²) in [5.74, 6) is 0.412. The van der Waals surface area contributed by atoms with Gasteiger partial charge in [-0.1, -0.05) is 17.7 Å². The number of hydrogen-bond donors (Lipinski definition) is 1. The minimum Gasteiger partial charge on any atom is -0.450 e. The number of thioether (sulfide) groups is 1. The summed E-state index contributed by atoms with van der Waals surface area (Å²) in [4.78, 5) is 17.1. The monoisotopic (exact) mass is 522 g/mol. The molecule has 0 spiro atoms. The fraction of sp³-hybridized carbons (Fsp3) is 0.0667. The molecule has 1 aliphatic rings. The number of benzene rings is 1. The SMILES string of the molecule is Cc1ccc(Cl)cc1N=C1NC(=O)/C(=C/c2cc(Br)c(I)o2)S1. The van der Waals surface area contributed by atoms with E-state index in [-0.39, 0.29) is 5.91 Å². The predicted octanol–water partition coefficient (Wildman–Crippen LogP) is 5.50. The number of furan rings is 1. The molecule has 118 valence electrons. The van der Waals surface area contributed by atoms with Gasteiger partial charge in [0.15, 0.2) is 8.93 Å². The van der Waals surface area contributed by atoms with Gasteiger partial charge in [-0.2, -0.15) is 0 Å². The third-order valence-corrected chi connectivity index (χ3v) is 6.26. The van der Waals surface area contributed by atoms with Crippen LogP contribution in [0.25, 0.3) is 6.08 Å². The van der Waals surface area contributed by atoms with Crippen LogP contribution in [-0.4, -0.2) is 11.1 Å². The highest BCUT2D eigenvalue weighted by Gasteiger charge is 2.24. The minimum atomic E-state index is -0.198. The second-order valence-electron chi connectivity index (χ2n) is 4.68. The Morgan fingerprint density at radius 3 is 2.91 bits per heavy atom. The van der Waals surface area contributed by atoms with E-state index in [1.807, 2.05) is 25.1 Å². The maximum atomic E-state index is 12.1. The molecule has 1 N–H and O–H groups in total. The van der Waals surface area contributed by atoms with Crippen molar-refractivity contribution in [3.63, 3.8) is 0 Å². The van der Waals surface area contributed by atoms with Crippen molar-refractivity contribution in [1.29, 1.82) is 0 Å². The number of aryl methyl sites for hydroxylation is 1. The first-order chi connectivity index (χ1) is 10.9. The zero-order chi connectivity index (χ0) is 16.6. The van der Waals surface area contributed by atoms with Gasteiger partial charge in [-0.05, 0) is 58.4 Å². The summed E-state index contributed by atoms with van der Waals surface area (Å²) in [6.07, 6.45) is 1.69. The van der Waals surface area contributed by atoms with Crippen LogP contribution in [0.2, 0.25) is 5.02 Å². The van der Waals surface area contributed by atoms with Crippen LogP contribution >= 0.6 is 61.9 Å². The summed E-state index contributed by atoms with van der Waals surface area (Å²) >= 11 is 12.7. The van der Waals surface area contributed by atoms with Gasteiger partial charge >= 0.3 is 0 Å². The lowest BCUT2D eigenvalue weighted by Gasteiger charge is -2.01. The first-order valence-electron chi connectivity index (χ1n) is 6.43. The number of rotatable bonds is 2. The topological polar surface area (TPSA) is 54.6 Å². The third-order valence-electron chi connectivity index (χ3n) is 2.98. The quantitative estimate of drug-likeness (QED) is 0.418. The highest BCUT2D eigenvalue weighted by Crippen LogP contribution is 2.32. The fourth-order valence-corrected chi connectivity index (χ4v) is 3.55. The van der Waals surface area contributed by atoms with E-state index in [0.29, 0.717) is 20.9 Å². The van der Waals surface area contributed by atoms with Crippen molar-refractivity contribution < 1.29 is 9.21 Å². The Bertz CT molecular complexity index is 844. The van der Waals surface area contributed by atoms with E-state index in [1.165, 1.54) is 11.8 Å². The van der Waals surface area contributed by atoms with E-state index in [9.17, 15) is 4.79 Å². The number of carbonyl (C=O) groups excluding carboxylic acids is 1. The molecule has 4 nitrogen and oxygen atoms in total. The molecule has 2 heterocycles. The highest BCUT2D eigenvalue weighted by atomic mass is 127. The van der Waals surface area contributed by atoms with Gasteiger partial charge < -0.3 is 9.73 Å². The molecule has 23 heavy (non-hydrogen) atoms. The number of nitrogens with zero attached hydrogens (tertiary/aromatic N) is 1. The van der Waals surface area contributed by atoms with E-state index < -0.39 is 0 Å². The van der Waals surface area contributed by atoms with E-state index >= 15 is 0 Å². The van der Waals surface area contributed by atoms with Crippen LogP contribution in [0.5, 0.6) is 0 Å². The average Bonchev–Trinajstić information content (AvgIpc) is 2.98. The van der Waals surface area contributed by atoms with E-state index in [1.54, 1.807) is 12.1 Å². The second kappa shape index (κ2) is 7.00. The van der Waals surface area contributed by atoms with Gasteiger partial charge in [0.1, 0.15) is 5.76 Å². The molecule has 1 fully saturated rings. The fourth-order valence-electron chi connectivity index (χ4n) is 1.86. The molecule has 1 saturated heterocycles. The van der Waals surface area contributed by atoms with Crippen molar-refractivity contribution in [3.8, 4) is 0 Å². The van der Waals surface area contributed by atoms with Gasteiger partial charge in [0.2, 0.25) is 0 Å². The van der Waals surface area contributed by atoms with Crippen molar-refractivity contribution in [3.05, 3.63) is 53.8 Å². The molecule has 1 amide bonds. The van der Waals surface area contributed by atoms with Crippen molar-refractivity contribution >= 4 is 84.7 Å². The average molecular weight is 524 g/mol. The smallest absolute Gasteiger partial charge is 0.264 e. The van der Waals surface area contributed by atoms with Gasteiger partial charge in [0, 0.05) is 33.7 Å². The Morgan fingerprint density at radius 1 is 1.43 bits per heavy atom. The molecule has 1 aromatic carbocycles. The standard InChI is InChI=1S/C15H9BrClIN2O2S/c1-7-2-3-8(17)4-11(7)19-15-20-14(21)12(23-15)6-9-5-10(16)13(18)22-9/h2-6H,1H3,(H,19,20,21)/b12-6-. The van der Waals surface area contributed by atoms with Crippen LogP contribution < -0.4 is 5.32 Å². The Hall–Kier alpha value is -0.770. The van der Waals surface area contributed by atoms with Crippen molar-refractivity contribution in [2.24, 2.45) is 4.99 Å². The lowest BCUT2D eigenvalue weighted by atomic mass is 10.2. The molecule has 1 aliphatic heterocycles. The molecular formula is C15H9BrClIN2O2S. The van der Waals surface area contributed by atoms with E-state index in [4.69, 9.17) is 16.0 Å². The van der Waals surface area contributed by atoms with Gasteiger partial charge in [0.05, 0.1) is 15.1 Å². The molecule has 0 atom stereocenters. The maximum absolute atomic E-state index is 12.1. The van der Waals surface area contributed by atoms with Crippen molar-refractivity contribution in [2.45, 2.75) is 6.92 Å². The van der Waals surface area contributed by atoms with Gasteiger partial charge in [-0.25, -0.2) is 4.99 Å². The van der Waals surface area contributed by atoms with Crippen LogP contribution in [0.15, 0.2) is 43.1 Å². The highest BCUT2D eigenvalue weighted by molar-refractivity contribution is 14.1. The largest absolute Gasteiger partial charge is 0.450 e. The van der Waals surface area contributed by atoms with Gasteiger partial charge in [-0.3, -0.25) is 4.79 Å². The zero-order valence-electron chi connectivity index (χ0n) is 11.7. The summed E-state index contributed by atoms with van der Waals surface area (Å²) in [6.45, 7) is 1.94. The van der Waals surface area contributed by atoms with Crippen molar-refractivity contribution in [2.75, 3.05) is 0 Å². The van der Waals surface area contributed by atoms with Crippen LogP contribution in [-0.2, 0) is 4.79 Å². The number of aliphatic imine (C=N–C) groups is 1. The summed E-state index contributed by atoms with van der Waals surface area (Å²) in [5, 5.41) is 3.88. The van der Waals surface area contributed by atoms with E-state index in [0.717, 1.165) is 19.5 Å². The molecule has 2 aromatic rings. The number of hydrogen-bond acceptors (Lipinski definition) is 4. The first-order valence-corrected chi connectivity index (χ1v) is 9.49. The molecule has 0 unspecified atom stereocenters. The summed E-state index contributed by atoms with van der Waals surface area (Å²) in [7, 11) is 0. The number of carbonyl (C=O) groups is 1. The molecule has 0 radical (unpaired) electrons. The first kappa shape index (κ1) is 17.1. The maximum Gasteiger partial charge on any atom is 0.264 e. The molecular weight excluding hydrogens is 515 g/mol. The van der Waals surface area contributed by atoms with Gasteiger partial charge in [0.25, 0.3) is 5.91 Å². The lowest BCUT2D eigenvalue weighted by molar-refractivity contribution is -0.115. The third kappa shape index (κ3) is 4.01. The molecule has 0 aliphatic carbocycles. The minimum absolute atomic E-state index is 0.198. The summed E-state index contributed by atoms with van der Waals surface area (Å²) in [6, 6.07) is 7.29. The van der Waals surface area contributed by atoms with Crippen molar-refractivity contribution in [1.82, 2.24) is 5.32 Å². The van der Waals surface area contributed by atoms with Crippen LogP contribution in [0.1, 0.15) is 11.3 Å². The Balaban J connectivity index is 1.87. The van der Waals surface area contributed by atoms with Crippen LogP contribution in [0.3, 0.4) is 0 Å². The number of nitrogens with one attached hydrogen (secondary N) is 1. The summed E-state index contributed by atoms with van der Waals surface area (Å²) < 4.78 is 7.12. The number of halogens is 3. The van der Waals surface area contributed by atoms with Crippen LogP contribution in [0, 0.1) is 10.7 Å². The number of amides is 1. The Kier molecular flexibility index (Phi) is 5.19. The molecule has 8 heteroatoms. The van der Waals surface area contributed by atoms with Crippen LogP contribution in [0.4, 0.5) is 5.69 Å². The normalized spacial score (nSPS) is 18.0. The Labute approximate surface area is 164 Å². The van der Waals surface area contributed by atoms with E-state index in [2.05, 4.69) is 48.8 Å². The summed E-state index contributed by atoms with van der Waals surface area (Å²) in [5.41, 5.74) is 1.72. The predicted molar refractivity (Wildman–Crippen MR) is 106 cm³/mol. The lowest BCUT2D eigenvalue weighted by Crippen LogP contribution is -2.19. The molecule has 1 aromatic heterocycles. The van der Waals surface area contributed by atoms with Gasteiger partial charge in [-0.15, -0.1) is 0 Å².